The van der Waals surface area contributed by atoms with Gasteiger partial charge in [-0.25, -0.2) is 0 Å². The van der Waals surface area contributed by atoms with Gasteiger partial charge in [0.05, 0.1) is 19.3 Å². The summed E-state index contributed by atoms with van der Waals surface area (Å²) < 4.78 is 10.3. The molecule has 0 aromatic carbocycles. The molecule has 4 heteroatoms. The maximum atomic E-state index is 10.1. The Balaban J connectivity index is 4.36. The molecule has 0 aromatic heterocycles. The number of methoxy groups -OCH3 is 2. The van der Waals surface area contributed by atoms with E-state index in [1.165, 1.54) is 0 Å². The van der Waals surface area contributed by atoms with Gasteiger partial charge in [0.1, 0.15) is 0 Å². The van der Waals surface area contributed by atoms with Crippen molar-refractivity contribution in [2.75, 3.05) is 40.5 Å². The third-order valence-corrected chi connectivity index (χ3v) is 3.02. The van der Waals surface area contributed by atoms with Crippen molar-refractivity contribution in [2.24, 2.45) is 5.41 Å². The largest absolute Gasteiger partial charge is 0.391 e. The number of hydrogen-bond acceptors (Lipinski definition) is 4. The van der Waals surface area contributed by atoms with Gasteiger partial charge in [0.15, 0.2) is 0 Å². The molecule has 0 fully saturated rings. The van der Waals surface area contributed by atoms with Gasteiger partial charge in [0.25, 0.3) is 0 Å². The molecule has 17 heavy (non-hydrogen) atoms. The fourth-order valence-corrected chi connectivity index (χ4v) is 1.54. The first-order valence-corrected chi connectivity index (χ1v) is 6.23. The van der Waals surface area contributed by atoms with E-state index in [9.17, 15) is 5.11 Å². The molecular weight excluding hydrogens is 218 g/mol. The lowest BCUT2D eigenvalue weighted by atomic mass is 9.88. The van der Waals surface area contributed by atoms with Crippen LogP contribution in [0.5, 0.6) is 0 Å². The molecule has 0 heterocycles. The second-order valence-electron chi connectivity index (χ2n) is 5.67. The van der Waals surface area contributed by atoms with E-state index in [-0.39, 0.29) is 17.6 Å². The number of nitrogens with zero attached hydrogens (tertiary/aromatic N) is 1. The van der Waals surface area contributed by atoms with Crippen LogP contribution in [0.3, 0.4) is 0 Å². The third-order valence-electron chi connectivity index (χ3n) is 3.02. The van der Waals surface area contributed by atoms with Gasteiger partial charge in [0.2, 0.25) is 0 Å². The Morgan fingerprint density at radius 2 is 1.76 bits per heavy atom. The number of hydrogen-bond donors (Lipinski definition) is 1. The predicted octanol–water partition coefficient (Wildman–Crippen LogP) is 1.38. The van der Waals surface area contributed by atoms with Crippen molar-refractivity contribution >= 4 is 0 Å². The highest BCUT2D eigenvalue weighted by molar-refractivity contribution is 4.78. The minimum absolute atomic E-state index is 0.0991. The lowest BCUT2D eigenvalue weighted by Gasteiger charge is -2.35. The zero-order chi connectivity index (χ0) is 13.5. The number of rotatable bonds is 8. The summed E-state index contributed by atoms with van der Waals surface area (Å²) in [6.45, 7) is 11.1. The number of ether oxygens (including phenoxy) is 2. The van der Waals surface area contributed by atoms with Crippen LogP contribution in [-0.2, 0) is 9.47 Å². The molecule has 0 spiro atoms. The molecule has 0 saturated heterocycles. The lowest BCUT2D eigenvalue weighted by Crippen LogP contribution is -2.46. The van der Waals surface area contributed by atoms with Crippen LogP contribution in [-0.4, -0.2) is 62.7 Å². The molecule has 1 N–H and O–H groups in total. The van der Waals surface area contributed by atoms with Crippen molar-refractivity contribution in [1.82, 2.24) is 4.90 Å². The Hall–Kier alpha value is -0.160. The monoisotopic (exact) mass is 247 g/mol. The van der Waals surface area contributed by atoms with Gasteiger partial charge in [-0.1, -0.05) is 20.8 Å². The molecule has 0 aliphatic carbocycles. The van der Waals surface area contributed by atoms with Crippen LogP contribution in [0.4, 0.5) is 0 Å². The van der Waals surface area contributed by atoms with E-state index in [0.717, 1.165) is 6.54 Å². The van der Waals surface area contributed by atoms with Gasteiger partial charge in [0, 0.05) is 33.4 Å². The first kappa shape index (κ1) is 16.8. The molecule has 0 radical (unpaired) electrons. The summed E-state index contributed by atoms with van der Waals surface area (Å²) >= 11 is 0. The van der Waals surface area contributed by atoms with Gasteiger partial charge in [-0.15, -0.1) is 0 Å². The van der Waals surface area contributed by atoms with E-state index in [0.29, 0.717) is 19.8 Å². The zero-order valence-corrected chi connectivity index (χ0v) is 12.2. The second-order valence-corrected chi connectivity index (χ2v) is 5.67. The van der Waals surface area contributed by atoms with Crippen LogP contribution in [0.1, 0.15) is 27.7 Å². The van der Waals surface area contributed by atoms with Crippen molar-refractivity contribution < 1.29 is 14.6 Å². The maximum Gasteiger partial charge on any atom is 0.0715 e. The van der Waals surface area contributed by atoms with E-state index in [1.807, 2.05) is 20.8 Å². The first-order valence-electron chi connectivity index (χ1n) is 6.23. The molecule has 0 saturated carbocycles. The minimum atomic E-state index is -0.348. The Labute approximate surface area is 106 Å². The fraction of sp³-hybridized carbons (Fsp3) is 1.00. The zero-order valence-electron chi connectivity index (χ0n) is 12.2. The van der Waals surface area contributed by atoms with Crippen molar-refractivity contribution in [1.29, 1.82) is 0 Å². The average Bonchev–Trinajstić information content (AvgIpc) is 2.22. The van der Waals surface area contributed by atoms with Gasteiger partial charge in [-0.05, 0) is 12.3 Å². The van der Waals surface area contributed by atoms with Crippen LogP contribution >= 0.6 is 0 Å². The SMILES string of the molecule is COCCN(CC(O)C(C)(C)C)C(C)COC. The topological polar surface area (TPSA) is 41.9 Å². The average molecular weight is 247 g/mol. The molecule has 4 nitrogen and oxygen atoms in total. The summed E-state index contributed by atoms with van der Waals surface area (Å²) in [4.78, 5) is 2.21. The van der Waals surface area contributed by atoms with Crippen LogP contribution in [0.2, 0.25) is 0 Å². The van der Waals surface area contributed by atoms with E-state index in [2.05, 4.69) is 11.8 Å². The molecule has 0 aliphatic rings. The Bertz CT molecular complexity index is 192. The van der Waals surface area contributed by atoms with Crippen LogP contribution in [0.25, 0.3) is 0 Å². The van der Waals surface area contributed by atoms with Crippen molar-refractivity contribution in [3.63, 3.8) is 0 Å². The summed E-state index contributed by atoms with van der Waals surface area (Å²) in [6, 6.07) is 0.284. The minimum Gasteiger partial charge on any atom is -0.391 e. The number of aliphatic hydroxyl groups is 1. The molecule has 0 aliphatic heterocycles. The highest BCUT2D eigenvalue weighted by Crippen LogP contribution is 2.20. The first-order chi connectivity index (χ1) is 7.82. The summed E-state index contributed by atoms with van der Waals surface area (Å²) in [5, 5.41) is 10.1. The highest BCUT2D eigenvalue weighted by Gasteiger charge is 2.26. The summed E-state index contributed by atoms with van der Waals surface area (Å²) in [6.07, 6.45) is -0.348. The molecule has 104 valence electrons. The molecular formula is C13H29NO3. The predicted molar refractivity (Wildman–Crippen MR) is 70.2 cm³/mol. The van der Waals surface area contributed by atoms with Crippen LogP contribution in [0, 0.1) is 5.41 Å². The van der Waals surface area contributed by atoms with Crippen LogP contribution < -0.4 is 0 Å². The second kappa shape index (κ2) is 8.03. The standard InChI is InChI=1S/C13H29NO3/c1-11(10-17-6)14(7-8-16-5)9-12(15)13(2,3)4/h11-12,15H,7-10H2,1-6H3. The van der Waals surface area contributed by atoms with Gasteiger partial charge < -0.3 is 14.6 Å². The molecule has 0 rings (SSSR count). The Morgan fingerprint density at radius 1 is 1.18 bits per heavy atom. The molecule has 0 bridgehead atoms. The molecule has 0 aromatic rings. The van der Waals surface area contributed by atoms with Gasteiger partial charge in [-0.2, -0.15) is 0 Å². The van der Waals surface area contributed by atoms with Gasteiger partial charge in [-0.3, -0.25) is 4.90 Å². The van der Waals surface area contributed by atoms with Crippen molar-refractivity contribution in [3.8, 4) is 0 Å². The highest BCUT2D eigenvalue weighted by atomic mass is 16.5. The van der Waals surface area contributed by atoms with Crippen LogP contribution in [0.15, 0.2) is 0 Å². The van der Waals surface area contributed by atoms with E-state index < -0.39 is 0 Å². The summed E-state index contributed by atoms with van der Waals surface area (Å²) in [5.74, 6) is 0. The van der Waals surface area contributed by atoms with Gasteiger partial charge >= 0.3 is 0 Å². The summed E-state index contributed by atoms with van der Waals surface area (Å²) in [5.41, 5.74) is -0.0991. The molecule has 2 atom stereocenters. The Morgan fingerprint density at radius 3 is 2.18 bits per heavy atom. The fourth-order valence-electron chi connectivity index (χ4n) is 1.54. The smallest absolute Gasteiger partial charge is 0.0715 e. The third kappa shape index (κ3) is 6.99. The molecule has 0 amide bonds. The summed E-state index contributed by atoms with van der Waals surface area (Å²) in [7, 11) is 3.39. The van der Waals surface area contributed by atoms with Crippen molar-refractivity contribution in [2.45, 2.75) is 39.8 Å². The Kier molecular flexibility index (Phi) is 7.96. The van der Waals surface area contributed by atoms with E-state index >= 15 is 0 Å². The maximum absolute atomic E-state index is 10.1. The quantitative estimate of drug-likeness (QED) is 0.703. The normalized spacial score (nSPS) is 16.2. The van der Waals surface area contributed by atoms with E-state index in [4.69, 9.17) is 9.47 Å². The van der Waals surface area contributed by atoms with E-state index in [1.54, 1.807) is 14.2 Å². The van der Waals surface area contributed by atoms with Crippen molar-refractivity contribution in [3.05, 3.63) is 0 Å². The number of aliphatic hydroxyl groups excluding tert-OH is 1. The lowest BCUT2D eigenvalue weighted by molar-refractivity contribution is -0.00292. The molecule has 2 unspecified atom stereocenters.